The van der Waals surface area contributed by atoms with Gasteiger partial charge in [0.15, 0.2) is 9.84 Å². The molecule has 0 aliphatic carbocycles. The predicted octanol–water partition coefficient (Wildman–Crippen LogP) is 1.16. The van der Waals surface area contributed by atoms with Crippen LogP contribution in [-0.4, -0.2) is 37.9 Å². The molecule has 0 saturated carbocycles. The van der Waals surface area contributed by atoms with E-state index in [4.69, 9.17) is 0 Å². The van der Waals surface area contributed by atoms with E-state index in [9.17, 15) is 18.5 Å². The molecule has 2 atom stereocenters. The molecule has 0 aliphatic rings. The van der Waals surface area contributed by atoms with Crippen LogP contribution in [0.3, 0.4) is 0 Å². The van der Waals surface area contributed by atoms with Gasteiger partial charge in [0.2, 0.25) is 0 Å². The van der Waals surface area contributed by atoms with Gasteiger partial charge in [-0.15, -0.1) is 0 Å². The van der Waals surface area contributed by atoms with Crippen molar-refractivity contribution in [3.8, 4) is 0 Å². The van der Waals surface area contributed by atoms with Crippen LogP contribution in [-0.2, 0) is 16.3 Å². The van der Waals surface area contributed by atoms with E-state index in [1.807, 2.05) is 0 Å². The van der Waals surface area contributed by atoms with Crippen molar-refractivity contribution in [2.24, 2.45) is 0 Å². The first-order valence-electron chi connectivity index (χ1n) is 5.85. The van der Waals surface area contributed by atoms with Crippen LogP contribution in [0.2, 0.25) is 0 Å². The Kier molecular flexibility index (Phi) is 5.02. The number of likely N-dealkylation sites (N-methyl/N-ethyl adjacent to an activating group) is 1. The van der Waals surface area contributed by atoms with Crippen molar-refractivity contribution in [2.75, 3.05) is 13.3 Å². The van der Waals surface area contributed by atoms with Gasteiger partial charge < -0.3 is 5.32 Å². The van der Waals surface area contributed by atoms with E-state index >= 15 is 0 Å². The number of para-hydroxylation sites is 1. The van der Waals surface area contributed by atoms with Crippen molar-refractivity contribution in [3.05, 3.63) is 39.9 Å². The lowest BCUT2D eigenvalue weighted by molar-refractivity contribution is -0.385. The molecular weight excluding hydrogens is 268 g/mol. The first-order valence-corrected chi connectivity index (χ1v) is 7.81. The summed E-state index contributed by atoms with van der Waals surface area (Å²) in [5.41, 5.74) is 0.547. The Morgan fingerprint density at radius 1 is 1.37 bits per heavy atom. The van der Waals surface area contributed by atoms with E-state index in [-0.39, 0.29) is 11.7 Å². The third-order valence-electron chi connectivity index (χ3n) is 3.24. The van der Waals surface area contributed by atoms with Crippen LogP contribution in [0.15, 0.2) is 24.3 Å². The molecule has 19 heavy (non-hydrogen) atoms. The van der Waals surface area contributed by atoms with E-state index < -0.39 is 20.0 Å². The molecule has 0 bridgehead atoms. The monoisotopic (exact) mass is 286 g/mol. The highest BCUT2D eigenvalue weighted by molar-refractivity contribution is 7.91. The lowest BCUT2D eigenvalue weighted by atomic mass is 10.0. The highest BCUT2D eigenvalue weighted by Crippen LogP contribution is 2.21. The highest BCUT2D eigenvalue weighted by Gasteiger charge is 2.27. The molecule has 2 unspecified atom stereocenters. The van der Waals surface area contributed by atoms with Crippen molar-refractivity contribution in [1.29, 1.82) is 0 Å². The number of nitro benzene ring substituents is 1. The SMILES string of the molecule is CNC(Cc1ccccc1[N+](=O)[O-])C(C)S(C)(=O)=O. The number of nitrogens with one attached hydrogen (secondary N) is 1. The molecule has 0 aliphatic heterocycles. The number of rotatable bonds is 6. The molecule has 1 N–H and O–H groups in total. The molecular formula is C12H18N2O4S. The maximum Gasteiger partial charge on any atom is 0.272 e. The molecule has 0 radical (unpaired) electrons. The lowest BCUT2D eigenvalue weighted by Crippen LogP contribution is -2.42. The molecule has 106 valence electrons. The number of nitro groups is 1. The van der Waals surface area contributed by atoms with Crippen molar-refractivity contribution in [2.45, 2.75) is 24.6 Å². The van der Waals surface area contributed by atoms with Gasteiger partial charge in [-0.05, 0) is 20.4 Å². The summed E-state index contributed by atoms with van der Waals surface area (Å²) in [5, 5.41) is 13.2. The van der Waals surface area contributed by atoms with Crippen LogP contribution in [0.1, 0.15) is 12.5 Å². The van der Waals surface area contributed by atoms with E-state index in [1.54, 1.807) is 32.2 Å². The molecule has 1 aromatic rings. The normalized spacial score (nSPS) is 14.9. The Balaban J connectivity index is 3.03. The minimum atomic E-state index is -3.20. The summed E-state index contributed by atoms with van der Waals surface area (Å²) in [4.78, 5) is 10.5. The molecule has 0 fully saturated rings. The second kappa shape index (κ2) is 6.12. The third-order valence-corrected chi connectivity index (χ3v) is 4.92. The fourth-order valence-corrected chi connectivity index (χ4v) is 2.73. The van der Waals surface area contributed by atoms with Crippen molar-refractivity contribution in [3.63, 3.8) is 0 Å². The van der Waals surface area contributed by atoms with Crippen LogP contribution in [0.25, 0.3) is 0 Å². The van der Waals surface area contributed by atoms with Gasteiger partial charge >= 0.3 is 0 Å². The predicted molar refractivity (Wildman–Crippen MR) is 74.0 cm³/mol. The lowest BCUT2D eigenvalue weighted by Gasteiger charge is -2.22. The zero-order valence-electron chi connectivity index (χ0n) is 11.2. The number of hydrogen-bond donors (Lipinski definition) is 1. The summed E-state index contributed by atoms with van der Waals surface area (Å²) in [6.45, 7) is 1.60. The van der Waals surface area contributed by atoms with Crippen LogP contribution in [0.4, 0.5) is 5.69 Å². The Bertz CT molecular complexity index is 557. The Labute approximate surface area is 112 Å². The van der Waals surface area contributed by atoms with Gasteiger partial charge in [-0.3, -0.25) is 10.1 Å². The summed E-state index contributed by atoms with van der Waals surface area (Å²) in [6.07, 6.45) is 1.46. The number of nitrogens with zero attached hydrogens (tertiary/aromatic N) is 1. The summed E-state index contributed by atoms with van der Waals surface area (Å²) in [7, 11) is -1.55. The maximum atomic E-state index is 11.6. The molecule has 1 aromatic carbocycles. The Hall–Kier alpha value is -1.47. The van der Waals surface area contributed by atoms with Gasteiger partial charge in [0.05, 0.1) is 10.2 Å². The van der Waals surface area contributed by atoms with Gasteiger partial charge in [0, 0.05) is 23.9 Å². The maximum absolute atomic E-state index is 11.6. The third kappa shape index (κ3) is 4.00. The van der Waals surface area contributed by atoms with Gasteiger partial charge in [-0.1, -0.05) is 18.2 Å². The topological polar surface area (TPSA) is 89.3 Å². The highest BCUT2D eigenvalue weighted by atomic mass is 32.2. The number of benzene rings is 1. The first kappa shape index (κ1) is 15.6. The number of hydrogen-bond acceptors (Lipinski definition) is 5. The van der Waals surface area contributed by atoms with Crippen LogP contribution >= 0.6 is 0 Å². The van der Waals surface area contributed by atoms with E-state index in [0.717, 1.165) is 0 Å². The fraction of sp³-hybridized carbons (Fsp3) is 0.500. The van der Waals surface area contributed by atoms with E-state index in [0.29, 0.717) is 12.0 Å². The second-order valence-corrected chi connectivity index (χ2v) is 6.92. The minimum Gasteiger partial charge on any atom is -0.315 e. The van der Waals surface area contributed by atoms with Gasteiger partial charge in [0.1, 0.15) is 0 Å². The zero-order chi connectivity index (χ0) is 14.6. The standard InChI is InChI=1S/C12H18N2O4S/c1-9(19(3,17)18)11(13-2)8-10-6-4-5-7-12(10)14(15)16/h4-7,9,11,13H,8H2,1-3H3. The summed E-state index contributed by atoms with van der Waals surface area (Å²) < 4.78 is 23.1. The fourth-order valence-electron chi connectivity index (χ4n) is 1.90. The molecule has 0 saturated heterocycles. The largest absolute Gasteiger partial charge is 0.315 e. The summed E-state index contributed by atoms with van der Waals surface area (Å²) in [6, 6.07) is 6.01. The zero-order valence-corrected chi connectivity index (χ0v) is 12.0. The molecule has 0 heterocycles. The Morgan fingerprint density at radius 2 is 1.95 bits per heavy atom. The van der Waals surface area contributed by atoms with E-state index in [1.165, 1.54) is 12.3 Å². The van der Waals surface area contributed by atoms with Crippen molar-refractivity contribution in [1.82, 2.24) is 5.32 Å². The summed E-state index contributed by atoms with van der Waals surface area (Å²) >= 11 is 0. The van der Waals surface area contributed by atoms with E-state index in [2.05, 4.69) is 5.32 Å². The summed E-state index contributed by atoms with van der Waals surface area (Å²) in [5.74, 6) is 0. The molecule has 1 rings (SSSR count). The average Bonchev–Trinajstić information content (AvgIpc) is 2.34. The van der Waals surface area contributed by atoms with Gasteiger partial charge in [0.25, 0.3) is 5.69 Å². The minimum absolute atomic E-state index is 0.0171. The molecule has 6 nitrogen and oxygen atoms in total. The smallest absolute Gasteiger partial charge is 0.272 e. The van der Waals surface area contributed by atoms with Crippen molar-refractivity contribution < 1.29 is 13.3 Å². The van der Waals surface area contributed by atoms with Gasteiger partial charge in [-0.2, -0.15) is 0 Å². The second-order valence-electron chi connectivity index (χ2n) is 4.52. The van der Waals surface area contributed by atoms with Crippen molar-refractivity contribution >= 4 is 15.5 Å². The van der Waals surface area contributed by atoms with Gasteiger partial charge in [-0.25, -0.2) is 8.42 Å². The Morgan fingerprint density at radius 3 is 2.42 bits per heavy atom. The first-order chi connectivity index (χ1) is 8.77. The molecule has 7 heteroatoms. The van der Waals surface area contributed by atoms with Crippen LogP contribution in [0, 0.1) is 10.1 Å². The average molecular weight is 286 g/mol. The molecule has 0 spiro atoms. The quantitative estimate of drug-likeness (QED) is 0.626. The van der Waals surface area contributed by atoms with Crippen LogP contribution < -0.4 is 5.32 Å². The molecule has 0 amide bonds. The van der Waals surface area contributed by atoms with Crippen LogP contribution in [0.5, 0.6) is 0 Å². The number of sulfone groups is 1. The molecule has 0 aromatic heterocycles.